The number of anilines is 2. The Morgan fingerprint density at radius 3 is 2.00 bits per heavy atom. The molecule has 0 aliphatic rings. The van der Waals surface area contributed by atoms with Crippen molar-refractivity contribution in [1.29, 1.82) is 0 Å². The molecule has 6 heteroatoms. The largest absolute Gasteiger partial charge is 0.383 e. The molecule has 54 valence electrons. The lowest BCUT2D eigenvalue weighted by Gasteiger charge is -1.99. The van der Waals surface area contributed by atoms with Gasteiger partial charge in [0.25, 0.3) is 0 Å². The molecule has 0 radical (unpaired) electrons. The molecule has 1 aromatic rings. The van der Waals surface area contributed by atoms with Crippen molar-refractivity contribution in [2.75, 3.05) is 11.5 Å². The highest BCUT2D eigenvalue weighted by Gasteiger charge is 2.03. The van der Waals surface area contributed by atoms with Crippen molar-refractivity contribution in [1.82, 2.24) is 9.97 Å². The fourth-order valence-electron chi connectivity index (χ4n) is 0.453. The standard InChI is InChI=1S/C4H4BrClN4/c5-1-2(7)9-4(6)10-3(1)8/h(H4,7,8,9,10). The Kier molecular flexibility index (Phi) is 1.96. The molecular formula is C4H4BrClN4. The minimum atomic E-state index is 0.0539. The normalized spacial score (nSPS) is 9.80. The lowest BCUT2D eigenvalue weighted by Crippen LogP contribution is -1.99. The third kappa shape index (κ3) is 1.30. The lowest BCUT2D eigenvalue weighted by molar-refractivity contribution is 1.17. The van der Waals surface area contributed by atoms with Crippen molar-refractivity contribution in [2.45, 2.75) is 0 Å². The molecule has 0 saturated carbocycles. The number of hydrogen-bond donors (Lipinski definition) is 2. The average molecular weight is 223 g/mol. The van der Waals surface area contributed by atoms with E-state index in [2.05, 4.69) is 25.9 Å². The van der Waals surface area contributed by atoms with Gasteiger partial charge in [-0.1, -0.05) is 0 Å². The van der Waals surface area contributed by atoms with Gasteiger partial charge in [0, 0.05) is 0 Å². The second-order valence-corrected chi connectivity index (χ2v) is 2.71. The van der Waals surface area contributed by atoms with Gasteiger partial charge in [0.2, 0.25) is 5.28 Å². The molecule has 1 aromatic heterocycles. The highest BCUT2D eigenvalue weighted by molar-refractivity contribution is 9.10. The molecule has 0 aliphatic carbocycles. The van der Waals surface area contributed by atoms with Crippen LogP contribution in [0.1, 0.15) is 0 Å². The van der Waals surface area contributed by atoms with E-state index in [4.69, 9.17) is 23.1 Å². The molecule has 0 atom stereocenters. The molecule has 0 saturated heterocycles. The molecule has 0 aromatic carbocycles. The van der Waals surface area contributed by atoms with Gasteiger partial charge in [-0.05, 0) is 27.5 Å². The summed E-state index contributed by atoms with van der Waals surface area (Å²) < 4.78 is 0.483. The fraction of sp³-hybridized carbons (Fsp3) is 0. The zero-order valence-corrected chi connectivity index (χ0v) is 7.15. The molecule has 0 bridgehead atoms. The summed E-state index contributed by atoms with van der Waals surface area (Å²) in [5.74, 6) is 0.495. The lowest BCUT2D eigenvalue weighted by atomic mass is 10.5. The number of halogens is 2. The Bertz CT molecular complexity index is 240. The van der Waals surface area contributed by atoms with Gasteiger partial charge < -0.3 is 11.5 Å². The summed E-state index contributed by atoms with van der Waals surface area (Å²) in [6, 6.07) is 0. The Labute approximate surface area is 70.7 Å². The molecule has 0 amide bonds. The van der Waals surface area contributed by atoms with Gasteiger partial charge >= 0.3 is 0 Å². The summed E-state index contributed by atoms with van der Waals surface area (Å²) in [6.07, 6.45) is 0. The van der Waals surface area contributed by atoms with Crippen molar-refractivity contribution >= 4 is 39.2 Å². The van der Waals surface area contributed by atoms with Crippen molar-refractivity contribution in [3.63, 3.8) is 0 Å². The molecule has 4 nitrogen and oxygen atoms in total. The zero-order valence-electron chi connectivity index (χ0n) is 4.81. The van der Waals surface area contributed by atoms with Gasteiger partial charge in [-0.25, -0.2) is 0 Å². The average Bonchev–Trinajstić information content (AvgIpc) is 1.82. The number of rotatable bonds is 0. The molecule has 0 spiro atoms. The van der Waals surface area contributed by atoms with Gasteiger partial charge in [0.1, 0.15) is 16.1 Å². The first kappa shape index (κ1) is 7.56. The van der Waals surface area contributed by atoms with Crippen molar-refractivity contribution in [3.05, 3.63) is 9.76 Å². The van der Waals surface area contributed by atoms with E-state index in [0.29, 0.717) is 4.47 Å². The maximum atomic E-state index is 5.42. The second-order valence-electron chi connectivity index (χ2n) is 1.58. The summed E-state index contributed by atoms with van der Waals surface area (Å²) >= 11 is 8.50. The van der Waals surface area contributed by atoms with Crippen LogP contribution in [0, 0.1) is 0 Å². The first-order valence-electron chi connectivity index (χ1n) is 2.35. The van der Waals surface area contributed by atoms with E-state index in [0.717, 1.165) is 0 Å². The molecule has 0 fully saturated rings. The van der Waals surface area contributed by atoms with E-state index in [-0.39, 0.29) is 16.9 Å². The van der Waals surface area contributed by atoms with Crippen LogP contribution in [0.5, 0.6) is 0 Å². The molecule has 4 N–H and O–H groups in total. The van der Waals surface area contributed by atoms with Crippen LogP contribution >= 0.6 is 27.5 Å². The van der Waals surface area contributed by atoms with E-state index in [1.807, 2.05) is 0 Å². The molecule has 1 rings (SSSR count). The predicted octanol–water partition coefficient (Wildman–Crippen LogP) is 1.06. The SMILES string of the molecule is Nc1nc(Cl)nc(N)c1Br. The highest BCUT2D eigenvalue weighted by Crippen LogP contribution is 2.23. The van der Waals surface area contributed by atoms with Gasteiger partial charge in [-0.3, -0.25) is 0 Å². The number of nitrogens with two attached hydrogens (primary N) is 2. The van der Waals surface area contributed by atoms with Crippen LogP contribution in [-0.4, -0.2) is 9.97 Å². The summed E-state index contributed by atoms with van der Waals surface area (Å²) in [6.45, 7) is 0. The Hall–Kier alpha value is -0.550. The number of hydrogen-bond acceptors (Lipinski definition) is 4. The van der Waals surface area contributed by atoms with E-state index < -0.39 is 0 Å². The zero-order chi connectivity index (χ0) is 7.72. The van der Waals surface area contributed by atoms with Crippen LogP contribution in [0.3, 0.4) is 0 Å². The monoisotopic (exact) mass is 222 g/mol. The summed E-state index contributed by atoms with van der Waals surface area (Å²) in [7, 11) is 0. The predicted molar refractivity (Wildman–Crippen MR) is 43.6 cm³/mol. The van der Waals surface area contributed by atoms with Crippen LogP contribution in [0.2, 0.25) is 5.28 Å². The molecule has 1 heterocycles. The van der Waals surface area contributed by atoms with E-state index in [1.54, 1.807) is 0 Å². The topological polar surface area (TPSA) is 77.8 Å². The van der Waals surface area contributed by atoms with Gasteiger partial charge in [0.05, 0.1) is 0 Å². The number of nitrogen functional groups attached to an aromatic ring is 2. The Morgan fingerprint density at radius 1 is 1.20 bits per heavy atom. The minimum Gasteiger partial charge on any atom is -0.383 e. The van der Waals surface area contributed by atoms with Crippen molar-refractivity contribution in [3.8, 4) is 0 Å². The summed E-state index contributed by atoms with van der Waals surface area (Å²) in [5.41, 5.74) is 10.7. The quantitative estimate of drug-likeness (QED) is 0.645. The summed E-state index contributed by atoms with van der Waals surface area (Å²) in [4.78, 5) is 7.28. The third-order valence-electron chi connectivity index (χ3n) is 0.875. The third-order valence-corrected chi connectivity index (χ3v) is 1.86. The maximum Gasteiger partial charge on any atom is 0.226 e. The van der Waals surface area contributed by atoms with Crippen molar-refractivity contribution in [2.24, 2.45) is 0 Å². The maximum absolute atomic E-state index is 5.42. The smallest absolute Gasteiger partial charge is 0.226 e. The first-order chi connectivity index (χ1) is 4.61. The Morgan fingerprint density at radius 2 is 1.60 bits per heavy atom. The molecule has 0 aliphatic heterocycles. The van der Waals surface area contributed by atoms with Crippen LogP contribution in [-0.2, 0) is 0 Å². The van der Waals surface area contributed by atoms with Crippen molar-refractivity contribution < 1.29 is 0 Å². The van der Waals surface area contributed by atoms with E-state index in [9.17, 15) is 0 Å². The molecule has 10 heavy (non-hydrogen) atoms. The Balaban J connectivity index is 3.31. The van der Waals surface area contributed by atoms with Crippen LogP contribution in [0.4, 0.5) is 11.6 Å². The molecular weight excluding hydrogens is 219 g/mol. The first-order valence-corrected chi connectivity index (χ1v) is 3.52. The van der Waals surface area contributed by atoms with Gasteiger partial charge in [-0.2, -0.15) is 9.97 Å². The minimum absolute atomic E-state index is 0.0539. The fourth-order valence-corrected chi connectivity index (χ4v) is 0.813. The van der Waals surface area contributed by atoms with Gasteiger partial charge in [-0.15, -0.1) is 0 Å². The van der Waals surface area contributed by atoms with E-state index in [1.165, 1.54) is 0 Å². The highest BCUT2D eigenvalue weighted by atomic mass is 79.9. The molecule has 0 unspecified atom stereocenters. The second kappa shape index (κ2) is 2.59. The van der Waals surface area contributed by atoms with E-state index >= 15 is 0 Å². The van der Waals surface area contributed by atoms with Crippen LogP contribution in [0.15, 0.2) is 4.47 Å². The number of aromatic nitrogens is 2. The van der Waals surface area contributed by atoms with Crippen LogP contribution in [0.25, 0.3) is 0 Å². The summed E-state index contributed by atoms with van der Waals surface area (Å²) in [5, 5.41) is 0.0539. The van der Waals surface area contributed by atoms with Gasteiger partial charge in [0.15, 0.2) is 0 Å². The van der Waals surface area contributed by atoms with Crippen LogP contribution < -0.4 is 11.5 Å². The number of nitrogens with zero attached hydrogens (tertiary/aromatic N) is 2.